The Kier molecular flexibility index (Phi) is 51.0. The van der Waals surface area contributed by atoms with Gasteiger partial charge in [-0.05, 0) is 0 Å². The molecule has 0 saturated heterocycles. The summed E-state index contributed by atoms with van der Waals surface area (Å²) in [7, 11) is 1.19. The van der Waals surface area contributed by atoms with Crippen molar-refractivity contribution in [3.05, 3.63) is 0 Å². The van der Waals surface area contributed by atoms with Crippen molar-refractivity contribution in [2.24, 2.45) is 0 Å². The monoisotopic (exact) mass is 456 g/mol. The van der Waals surface area contributed by atoms with E-state index < -0.39 is 0 Å². The van der Waals surface area contributed by atoms with Crippen LogP contribution in [0, 0.1) is 0 Å². The Morgan fingerprint density at radius 3 is 1.20 bits per heavy atom. The average molecular weight is 457 g/mol. The molecule has 0 aromatic heterocycles. The van der Waals surface area contributed by atoms with Crippen LogP contribution < -0.4 is 0 Å². The summed E-state index contributed by atoms with van der Waals surface area (Å²) >= 11 is 4.55. The van der Waals surface area contributed by atoms with Gasteiger partial charge in [0.2, 0.25) is 0 Å². The fraction of sp³-hybridized carbons (Fsp3) is 0. The molecule has 0 unspecified atom stereocenters. The van der Waals surface area contributed by atoms with Crippen LogP contribution in [0.1, 0.15) is 0 Å². The molecule has 0 spiro atoms. The summed E-state index contributed by atoms with van der Waals surface area (Å²) in [6, 6.07) is 0. The van der Waals surface area contributed by atoms with Crippen molar-refractivity contribution in [3.8, 4) is 0 Å². The van der Waals surface area contributed by atoms with Crippen molar-refractivity contribution in [2.75, 3.05) is 0 Å². The van der Waals surface area contributed by atoms with Crippen LogP contribution in [0.25, 0.3) is 0 Å². The zero-order valence-electron chi connectivity index (χ0n) is 2.41. The minimum absolute atomic E-state index is 0. The third-order valence-electron chi connectivity index (χ3n) is 0. The predicted octanol–water partition coefficient (Wildman–Crippen LogP) is 1.39. The van der Waals surface area contributed by atoms with E-state index in [4.69, 9.17) is 0 Å². The number of hydrogen-bond acceptors (Lipinski definition) is 0. The summed E-state index contributed by atoms with van der Waals surface area (Å²) in [5, 5.41) is 0. The Hall–Kier alpha value is 4.36. The van der Waals surface area contributed by atoms with Crippen LogP contribution in [0.4, 0.5) is 0 Å². The number of halogens is 2. The van der Waals surface area contributed by atoms with Crippen LogP contribution >= 0.6 is 40.7 Å². The second kappa shape index (κ2) is 15.8. The second-order valence-electron chi connectivity index (χ2n) is 0.0505. The topological polar surface area (TPSA) is 0 Å². The molecule has 0 atom stereocenters. The maximum atomic E-state index is 2.28. The molecule has 0 aromatic rings. The van der Waals surface area contributed by atoms with Gasteiger partial charge in [0.15, 0.2) is 0 Å². The molecule has 0 aliphatic rings. The molecule has 0 amide bonds. The molecule has 0 bridgehead atoms. The molecule has 0 rings (SSSR count). The molecule has 0 fully saturated rings. The minimum Gasteiger partial charge on any atom is 0 e. The molecule has 34 valence electrons. The van der Waals surface area contributed by atoms with Gasteiger partial charge in [0, 0.05) is 73.8 Å². The van der Waals surface area contributed by atoms with Crippen LogP contribution in [-0.2, 0) is 30.8 Å². The van der Waals surface area contributed by atoms with Gasteiger partial charge in [-0.1, -0.05) is 0 Å². The third-order valence-corrected chi connectivity index (χ3v) is 0. The van der Waals surface area contributed by atoms with Gasteiger partial charge < -0.3 is 0 Å². The van der Waals surface area contributed by atoms with Crippen molar-refractivity contribution in [3.63, 3.8) is 0 Å². The molecule has 0 aliphatic carbocycles. The zero-order valence-corrected chi connectivity index (χ0v) is 12.4. The molecule has 0 nitrogen and oxygen atoms in total. The van der Waals surface area contributed by atoms with Gasteiger partial charge in [-0.2, -0.15) is 0 Å². The summed E-state index contributed by atoms with van der Waals surface area (Å²) in [5.41, 5.74) is 0. The maximum Gasteiger partial charge on any atom is 0 e. The van der Waals surface area contributed by atoms with Gasteiger partial charge in [0.1, 0.15) is 0 Å². The fourth-order valence-electron chi connectivity index (χ4n) is 0. The molecule has 0 aliphatic heterocycles. The number of hydrogen-bond donors (Lipinski definition) is 0. The van der Waals surface area contributed by atoms with E-state index in [1.54, 1.807) is 0 Å². The summed E-state index contributed by atoms with van der Waals surface area (Å²) in [6.07, 6.45) is 0. The van der Waals surface area contributed by atoms with E-state index >= 15 is 0 Å². The van der Waals surface area contributed by atoms with Gasteiger partial charge in [0.25, 0.3) is 0 Å². The van der Waals surface area contributed by atoms with Gasteiger partial charge in [-0.15, -0.1) is 0 Å². The van der Waals surface area contributed by atoms with Crippen molar-refractivity contribution in [2.45, 2.75) is 0 Å². The summed E-state index contributed by atoms with van der Waals surface area (Å²) in [4.78, 5) is 0. The van der Waals surface area contributed by atoms with E-state index in [0.717, 1.165) is 0 Å². The molecular formula is AgFeI2K. The summed E-state index contributed by atoms with van der Waals surface area (Å²) in [6.45, 7) is 0. The quantitative estimate of drug-likeness (QED) is 0.382. The van der Waals surface area contributed by atoms with Crippen molar-refractivity contribution < 1.29 is 30.8 Å². The second-order valence-corrected chi connectivity index (χ2v) is 9.37. The molecule has 0 aromatic carbocycles. The summed E-state index contributed by atoms with van der Waals surface area (Å²) in [5.74, 6) is 0. The van der Waals surface area contributed by atoms with Crippen LogP contribution in [-0.4, -0.2) is 51.4 Å². The van der Waals surface area contributed by atoms with Crippen molar-refractivity contribution >= 4 is 92.1 Å². The molecule has 0 saturated carbocycles. The SMILES string of the molecule is [Ag].[I][Fe][I].[K]. The fourth-order valence-corrected chi connectivity index (χ4v) is 0. The van der Waals surface area contributed by atoms with Gasteiger partial charge >= 0.3 is 49.1 Å². The summed E-state index contributed by atoms with van der Waals surface area (Å²) < 4.78 is 0. The smallest absolute Gasteiger partial charge is 0 e. The van der Waals surface area contributed by atoms with Gasteiger partial charge in [0.05, 0.1) is 0 Å². The Morgan fingerprint density at radius 2 is 1.20 bits per heavy atom. The van der Waals surface area contributed by atoms with E-state index in [9.17, 15) is 0 Å². The standard InChI is InChI=1S/Ag.Fe.2HI.K/h;;2*1H;/q;+2;;;/p-2. The van der Waals surface area contributed by atoms with Crippen LogP contribution in [0.2, 0.25) is 0 Å². The first-order valence-corrected chi connectivity index (χ1v) is 7.39. The molecule has 5 heteroatoms. The first kappa shape index (κ1) is 16.2. The number of rotatable bonds is 0. The van der Waals surface area contributed by atoms with Crippen LogP contribution in [0.15, 0.2) is 0 Å². The van der Waals surface area contributed by atoms with E-state index in [1.807, 2.05) is 0 Å². The third kappa shape index (κ3) is 17.8. The Balaban J connectivity index is -0.0000000200. The molecular weight excluding hydrogens is 457 g/mol. The molecule has 0 heterocycles. The maximum absolute atomic E-state index is 2.28. The predicted molar refractivity (Wildman–Crippen MR) is 33.8 cm³/mol. The first-order valence-electron chi connectivity index (χ1n) is 0.267. The molecule has 2 radical (unpaired) electrons. The van der Waals surface area contributed by atoms with E-state index in [1.165, 1.54) is 8.46 Å². The Bertz CT molecular complexity index is 9.61. The zero-order chi connectivity index (χ0) is 2.71. The van der Waals surface area contributed by atoms with E-state index in [-0.39, 0.29) is 73.8 Å². The van der Waals surface area contributed by atoms with Crippen LogP contribution in [0.5, 0.6) is 0 Å². The Labute approximate surface area is 119 Å². The Morgan fingerprint density at radius 1 is 1.20 bits per heavy atom. The van der Waals surface area contributed by atoms with Gasteiger partial charge in [-0.3, -0.25) is 0 Å². The van der Waals surface area contributed by atoms with Crippen molar-refractivity contribution in [1.82, 2.24) is 0 Å². The largest absolute Gasteiger partial charge is 0 e. The average Bonchev–Trinajstić information content (AvgIpc) is 0.918. The first-order chi connectivity index (χ1) is 1.41. The minimum atomic E-state index is 0. The normalized spacial score (nSPS) is 4.40. The molecule has 0 N–H and O–H groups in total. The van der Waals surface area contributed by atoms with E-state index in [2.05, 4.69) is 40.7 Å². The van der Waals surface area contributed by atoms with E-state index in [0.29, 0.717) is 0 Å². The van der Waals surface area contributed by atoms with Gasteiger partial charge in [-0.25, -0.2) is 0 Å². The molecule has 5 heavy (non-hydrogen) atoms. The van der Waals surface area contributed by atoms with Crippen LogP contribution in [0.3, 0.4) is 0 Å². The van der Waals surface area contributed by atoms with Crippen molar-refractivity contribution in [1.29, 1.82) is 0 Å².